The summed E-state index contributed by atoms with van der Waals surface area (Å²) in [6, 6.07) is -0.306. The maximum atomic E-state index is 10.5. The van der Waals surface area contributed by atoms with Crippen LogP contribution in [0, 0.1) is 11.8 Å². The predicted molar refractivity (Wildman–Crippen MR) is 110 cm³/mol. The second-order valence-electron chi connectivity index (χ2n) is 7.43. The Kier molecular flexibility index (Phi) is 7.90. The van der Waals surface area contributed by atoms with E-state index < -0.39 is 39.5 Å². The molecule has 9 atom stereocenters. The lowest BCUT2D eigenvalue weighted by atomic mass is 9.86. The highest BCUT2D eigenvalue weighted by Crippen LogP contribution is 2.49. The molecule has 2 heterocycles. The van der Waals surface area contributed by atoms with Crippen LogP contribution in [0.15, 0.2) is 0 Å². The van der Waals surface area contributed by atoms with Gasteiger partial charge in [-0.2, -0.15) is 0 Å². The second-order valence-corrected chi connectivity index (χ2v) is 10.8. The van der Waals surface area contributed by atoms with E-state index in [9.17, 15) is 19.8 Å². The van der Waals surface area contributed by atoms with Gasteiger partial charge in [-0.3, -0.25) is 0 Å². The Hall–Kier alpha value is 0.370. The van der Waals surface area contributed by atoms with Gasteiger partial charge in [0.05, 0.1) is 25.4 Å². The summed E-state index contributed by atoms with van der Waals surface area (Å²) < 4.78 is 27.5. The minimum atomic E-state index is -3.66. The third-order valence-corrected chi connectivity index (χ3v) is 6.92. The van der Waals surface area contributed by atoms with Crippen molar-refractivity contribution in [2.24, 2.45) is 11.8 Å². The van der Waals surface area contributed by atoms with E-state index in [1.165, 1.54) is 0 Å². The van der Waals surface area contributed by atoms with Crippen molar-refractivity contribution in [1.29, 1.82) is 0 Å². The van der Waals surface area contributed by atoms with E-state index in [2.05, 4.69) is 12.6 Å². The molecule has 0 aromatic heterocycles. The SMILES string of the molecule is BC1OC(COP(=C)(O)OC2C(COP(=C)(O)O)OC(B)C2C)C(O)C1C. The summed E-state index contributed by atoms with van der Waals surface area (Å²) >= 11 is 0. The fourth-order valence-corrected chi connectivity index (χ4v) is 4.75. The lowest BCUT2D eigenvalue weighted by Crippen LogP contribution is -2.33. The van der Waals surface area contributed by atoms with Gasteiger partial charge in [0.2, 0.25) is 15.1 Å². The Morgan fingerprint density at radius 3 is 1.96 bits per heavy atom. The monoisotopic (exact) mass is 426 g/mol. The first-order chi connectivity index (χ1) is 12.3. The van der Waals surface area contributed by atoms with Crippen LogP contribution in [-0.2, 0) is 23.0 Å². The van der Waals surface area contributed by atoms with Gasteiger partial charge in [0.15, 0.2) is 0 Å². The lowest BCUT2D eigenvalue weighted by molar-refractivity contribution is -0.0173. The molecule has 156 valence electrons. The van der Waals surface area contributed by atoms with E-state index in [4.69, 9.17) is 23.0 Å². The molecule has 27 heavy (non-hydrogen) atoms. The zero-order valence-corrected chi connectivity index (χ0v) is 18.0. The van der Waals surface area contributed by atoms with Crippen molar-refractivity contribution in [2.45, 2.75) is 50.3 Å². The smallest absolute Gasteiger partial charge is 0.248 e. The second kappa shape index (κ2) is 9.02. The molecular weight excluding hydrogens is 396 g/mol. The normalized spacial score (nSPS) is 42.3. The number of hydrogen-bond acceptors (Lipinski definition) is 9. The Bertz CT molecular complexity index is 603. The maximum Gasteiger partial charge on any atom is 0.248 e. The molecule has 0 amide bonds. The highest BCUT2D eigenvalue weighted by atomic mass is 31.2. The summed E-state index contributed by atoms with van der Waals surface area (Å²) in [4.78, 5) is 29.2. The van der Waals surface area contributed by atoms with Gasteiger partial charge in [-0.15, -0.1) is 0 Å². The van der Waals surface area contributed by atoms with Gasteiger partial charge in [0.25, 0.3) is 0 Å². The Morgan fingerprint density at radius 1 is 0.926 bits per heavy atom. The van der Waals surface area contributed by atoms with Crippen LogP contribution in [0.3, 0.4) is 0 Å². The molecule has 9 unspecified atom stereocenters. The van der Waals surface area contributed by atoms with Crippen LogP contribution >= 0.6 is 15.1 Å². The van der Waals surface area contributed by atoms with Crippen LogP contribution in [0.25, 0.3) is 0 Å². The third-order valence-electron chi connectivity index (χ3n) is 5.24. The van der Waals surface area contributed by atoms with E-state index in [-0.39, 0.29) is 37.1 Å². The molecule has 0 aromatic rings. The van der Waals surface area contributed by atoms with E-state index >= 15 is 0 Å². The number of hydrogen-bond donors (Lipinski definition) is 4. The minimum absolute atomic E-state index is 0.0374. The molecule has 2 aliphatic heterocycles. The van der Waals surface area contributed by atoms with Crippen molar-refractivity contribution in [3.05, 3.63) is 0 Å². The van der Waals surface area contributed by atoms with Crippen LogP contribution in [0.5, 0.6) is 0 Å². The van der Waals surface area contributed by atoms with Crippen LogP contribution in [0.2, 0.25) is 0 Å². The summed E-state index contributed by atoms with van der Waals surface area (Å²) in [6.45, 7) is 3.56. The Labute approximate surface area is 162 Å². The predicted octanol–water partition coefficient (Wildman–Crippen LogP) is -1.88. The molecule has 2 fully saturated rings. The molecule has 0 saturated carbocycles. The molecule has 2 saturated heterocycles. The zero-order chi connectivity index (χ0) is 20.6. The van der Waals surface area contributed by atoms with Crippen LogP contribution in [0.4, 0.5) is 0 Å². The average molecular weight is 426 g/mol. The molecule has 0 bridgehead atoms. The third kappa shape index (κ3) is 6.43. The fraction of sp³-hybridized carbons (Fsp3) is 0.857. The summed E-state index contributed by atoms with van der Waals surface area (Å²) in [7, 11) is -3.43. The van der Waals surface area contributed by atoms with Crippen molar-refractivity contribution in [2.75, 3.05) is 13.2 Å². The summed E-state index contributed by atoms with van der Waals surface area (Å²) in [5.41, 5.74) is 0. The molecule has 9 nitrogen and oxygen atoms in total. The number of rotatable bonds is 8. The molecule has 0 aliphatic carbocycles. The van der Waals surface area contributed by atoms with Gasteiger partial charge >= 0.3 is 0 Å². The molecule has 2 rings (SSSR count). The highest BCUT2D eigenvalue weighted by molar-refractivity contribution is 7.58. The van der Waals surface area contributed by atoms with Gasteiger partial charge in [0, 0.05) is 23.8 Å². The van der Waals surface area contributed by atoms with Crippen LogP contribution in [-0.4, -0.2) is 97.7 Å². The topological polar surface area (TPSA) is 127 Å². The molecular formula is C14H30B2O9P2. The lowest BCUT2D eigenvalue weighted by Gasteiger charge is -2.29. The van der Waals surface area contributed by atoms with E-state index in [1.54, 1.807) is 0 Å². The Balaban J connectivity index is 1.95. The quantitative estimate of drug-likeness (QED) is 0.261. The number of ether oxygens (including phenoxy) is 2. The maximum absolute atomic E-state index is 10.5. The van der Waals surface area contributed by atoms with Crippen molar-refractivity contribution in [3.8, 4) is 0 Å². The molecule has 0 radical (unpaired) electrons. The standard InChI is InChI=1S/C14H30B2O9P2/c1-7-11(17)9(23-13(7)15)5-22-27(4,20)25-12-8(2)14(16)24-10(12)6-21-26(3,18)19/h7-14,17-20H,3-6,15-16H2,1-2H3. The molecule has 13 heteroatoms. The van der Waals surface area contributed by atoms with Crippen molar-refractivity contribution >= 4 is 43.4 Å². The average Bonchev–Trinajstić information content (AvgIpc) is 2.95. The number of aliphatic hydroxyl groups is 1. The van der Waals surface area contributed by atoms with Crippen molar-refractivity contribution in [3.63, 3.8) is 0 Å². The zero-order valence-electron chi connectivity index (χ0n) is 16.2. The first kappa shape index (κ1) is 23.6. The summed E-state index contributed by atoms with van der Waals surface area (Å²) in [5.74, 6) is -0.150. The van der Waals surface area contributed by atoms with Gasteiger partial charge < -0.3 is 42.8 Å². The Morgan fingerprint density at radius 2 is 1.44 bits per heavy atom. The summed E-state index contributed by atoms with van der Waals surface area (Å²) in [5, 5.41) is 10.2. The van der Waals surface area contributed by atoms with Crippen LogP contribution in [0.1, 0.15) is 13.8 Å². The minimum Gasteiger partial charge on any atom is -0.390 e. The fourth-order valence-electron chi connectivity index (χ4n) is 3.22. The molecule has 2 aliphatic rings. The highest BCUT2D eigenvalue weighted by Gasteiger charge is 2.44. The van der Waals surface area contributed by atoms with Gasteiger partial charge in [-0.1, -0.05) is 13.8 Å². The first-order valence-corrected chi connectivity index (χ1v) is 12.5. The first-order valence-electron chi connectivity index (χ1n) is 8.92. The molecule has 0 aromatic carbocycles. The van der Waals surface area contributed by atoms with Crippen molar-refractivity contribution < 1.29 is 42.8 Å². The molecule has 4 N–H and O–H groups in total. The van der Waals surface area contributed by atoms with Gasteiger partial charge in [-0.05, 0) is 12.6 Å². The van der Waals surface area contributed by atoms with E-state index in [1.807, 2.05) is 29.5 Å². The van der Waals surface area contributed by atoms with E-state index in [0.29, 0.717) is 0 Å². The van der Waals surface area contributed by atoms with Gasteiger partial charge in [0.1, 0.15) is 27.9 Å². The van der Waals surface area contributed by atoms with Gasteiger partial charge in [-0.25, -0.2) is 0 Å². The van der Waals surface area contributed by atoms with Crippen LogP contribution < -0.4 is 0 Å². The van der Waals surface area contributed by atoms with E-state index in [0.717, 1.165) is 0 Å². The van der Waals surface area contributed by atoms with Crippen molar-refractivity contribution in [1.82, 2.24) is 0 Å². The largest absolute Gasteiger partial charge is 0.390 e. The number of aliphatic hydroxyl groups excluding tert-OH is 1. The summed E-state index contributed by atoms with van der Waals surface area (Å²) in [6.07, 6.45) is 4.28. The molecule has 0 spiro atoms.